The average molecular weight is 615 g/mol. The van der Waals surface area contributed by atoms with E-state index < -0.39 is 6.67 Å². The Labute approximate surface area is 164 Å². The van der Waals surface area contributed by atoms with Gasteiger partial charge in [-0.3, -0.25) is 0 Å². The maximum atomic E-state index is 12.9. The lowest BCUT2D eigenvalue weighted by Crippen LogP contribution is -1.85. The first-order chi connectivity index (χ1) is 9.77. The number of benzene rings is 2. The number of halogens is 7. The van der Waals surface area contributed by atoms with Gasteiger partial charge in [0.15, 0.2) is 0 Å². The van der Waals surface area contributed by atoms with Crippen molar-refractivity contribution in [1.29, 1.82) is 0 Å². The van der Waals surface area contributed by atoms with Crippen molar-refractivity contribution in [1.82, 2.24) is 0 Å². The molecule has 0 aromatic heterocycles. The standard InChI is InChI=1S/C7H4Br3F.C7H5Br2F/c1-3-4(8)2-5(11)7(10)6(3)9;8-6-1-2-7(9)5(3-6)4-10/h2H,1H3;1-3H,4H2. The minimum absolute atomic E-state index is 0.269. The molecule has 0 unspecified atom stereocenters. The van der Waals surface area contributed by atoms with Gasteiger partial charge in [0.1, 0.15) is 12.5 Å². The molecule has 114 valence electrons. The molecule has 21 heavy (non-hydrogen) atoms. The van der Waals surface area contributed by atoms with E-state index in [1.54, 1.807) is 6.07 Å². The summed E-state index contributed by atoms with van der Waals surface area (Å²) in [6.45, 7) is 1.47. The van der Waals surface area contributed by atoms with Crippen LogP contribution in [0, 0.1) is 12.7 Å². The van der Waals surface area contributed by atoms with Crippen molar-refractivity contribution in [2.45, 2.75) is 13.6 Å². The van der Waals surface area contributed by atoms with Gasteiger partial charge >= 0.3 is 0 Å². The maximum Gasteiger partial charge on any atom is 0.139 e. The highest BCUT2D eigenvalue weighted by Gasteiger charge is 2.09. The van der Waals surface area contributed by atoms with E-state index in [0.717, 1.165) is 23.5 Å². The van der Waals surface area contributed by atoms with Gasteiger partial charge in [-0.2, -0.15) is 0 Å². The minimum atomic E-state index is -0.431. The molecular formula is C14H9Br5F2. The molecule has 0 heterocycles. The first kappa shape index (κ1) is 19.7. The molecule has 0 saturated carbocycles. The van der Waals surface area contributed by atoms with Crippen LogP contribution in [-0.4, -0.2) is 0 Å². The normalized spacial score (nSPS) is 10.1. The van der Waals surface area contributed by atoms with Crippen molar-refractivity contribution >= 4 is 79.6 Å². The molecule has 2 aromatic carbocycles. The predicted octanol–water partition coefficient (Wildman–Crippen LogP) is 8.10. The molecule has 0 amide bonds. The zero-order valence-electron chi connectivity index (χ0n) is 10.7. The Bertz CT molecular complexity index is 617. The second-order valence-electron chi connectivity index (χ2n) is 3.96. The fraction of sp³-hybridized carbons (Fsp3) is 0.143. The molecule has 0 saturated heterocycles. The fourth-order valence-corrected chi connectivity index (χ4v) is 3.54. The van der Waals surface area contributed by atoms with E-state index >= 15 is 0 Å². The van der Waals surface area contributed by atoms with E-state index in [1.807, 2.05) is 19.1 Å². The van der Waals surface area contributed by atoms with Gasteiger partial charge in [-0.05, 0) is 74.2 Å². The summed E-state index contributed by atoms with van der Waals surface area (Å²) in [4.78, 5) is 0. The summed E-state index contributed by atoms with van der Waals surface area (Å²) in [5.41, 5.74) is 1.66. The minimum Gasteiger partial charge on any atom is -0.246 e. The molecule has 0 aliphatic carbocycles. The summed E-state index contributed by atoms with van der Waals surface area (Å²) < 4.78 is 28.7. The Hall–Kier alpha value is 0.700. The van der Waals surface area contributed by atoms with Crippen LogP contribution in [-0.2, 0) is 6.67 Å². The molecule has 0 aliphatic rings. The van der Waals surface area contributed by atoms with E-state index in [4.69, 9.17) is 0 Å². The monoisotopic (exact) mass is 610 g/mol. The van der Waals surface area contributed by atoms with Crippen LogP contribution in [0.3, 0.4) is 0 Å². The number of rotatable bonds is 1. The van der Waals surface area contributed by atoms with Crippen LogP contribution in [0.15, 0.2) is 46.6 Å². The van der Waals surface area contributed by atoms with Crippen molar-refractivity contribution in [2.24, 2.45) is 0 Å². The maximum absolute atomic E-state index is 12.9. The van der Waals surface area contributed by atoms with Crippen LogP contribution < -0.4 is 0 Å². The SMILES string of the molecule is Cc1c(Br)cc(F)c(Br)c1Br.FCc1cc(Br)ccc1Br. The number of alkyl halides is 1. The second kappa shape index (κ2) is 9.11. The van der Waals surface area contributed by atoms with Crippen molar-refractivity contribution in [3.63, 3.8) is 0 Å². The molecule has 0 bridgehead atoms. The van der Waals surface area contributed by atoms with Gasteiger partial charge in [-0.1, -0.05) is 47.8 Å². The van der Waals surface area contributed by atoms with E-state index in [2.05, 4.69) is 79.6 Å². The van der Waals surface area contributed by atoms with Gasteiger partial charge < -0.3 is 0 Å². The van der Waals surface area contributed by atoms with Crippen LogP contribution in [0.1, 0.15) is 11.1 Å². The van der Waals surface area contributed by atoms with Gasteiger partial charge in [-0.25, -0.2) is 8.78 Å². The molecule has 0 nitrogen and oxygen atoms in total. The van der Waals surface area contributed by atoms with Crippen molar-refractivity contribution in [3.05, 3.63) is 63.6 Å². The Morgan fingerprint density at radius 3 is 2.05 bits per heavy atom. The summed E-state index contributed by atoms with van der Waals surface area (Å²) in [5, 5.41) is 0. The van der Waals surface area contributed by atoms with E-state index in [0.29, 0.717) is 10.0 Å². The number of hydrogen-bond donors (Lipinski definition) is 0. The molecule has 0 spiro atoms. The summed E-state index contributed by atoms with van der Waals surface area (Å²) >= 11 is 16.1. The zero-order valence-corrected chi connectivity index (χ0v) is 18.6. The van der Waals surface area contributed by atoms with E-state index in [9.17, 15) is 8.78 Å². The lowest BCUT2D eigenvalue weighted by Gasteiger charge is -2.04. The third-order valence-electron chi connectivity index (χ3n) is 2.50. The predicted molar refractivity (Wildman–Crippen MR) is 101 cm³/mol. The summed E-state index contributed by atoms with van der Waals surface area (Å²) in [5.74, 6) is -0.269. The Kier molecular flexibility index (Phi) is 8.56. The van der Waals surface area contributed by atoms with Gasteiger partial charge in [0.25, 0.3) is 0 Å². The Morgan fingerprint density at radius 1 is 0.905 bits per heavy atom. The highest BCUT2D eigenvalue weighted by molar-refractivity contribution is 9.13. The van der Waals surface area contributed by atoms with Crippen molar-refractivity contribution in [2.75, 3.05) is 0 Å². The molecule has 0 radical (unpaired) electrons. The van der Waals surface area contributed by atoms with Crippen LogP contribution in [0.4, 0.5) is 8.78 Å². The fourth-order valence-electron chi connectivity index (χ4n) is 1.30. The Balaban J connectivity index is 0.000000211. The topological polar surface area (TPSA) is 0 Å². The van der Waals surface area contributed by atoms with Crippen LogP contribution in [0.25, 0.3) is 0 Å². The van der Waals surface area contributed by atoms with Gasteiger partial charge in [-0.15, -0.1) is 0 Å². The first-order valence-corrected chi connectivity index (χ1v) is 9.54. The van der Waals surface area contributed by atoms with Crippen LogP contribution in [0.2, 0.25) is 0 Å². The average Bonchev–Trinajstić information content (AvgIpc) is 2.46. The summed E-state index contributed by atoms with van der Waals surface area (Å²) in [7, 11) is 0. The highest BCUT2D eigenvalue weighted by atomic mass is 79.9. The molecule has 7 heteroatoms. The van der Waals surface area contributed by atoms with Gasteiger partial charge in [0, 0.05) is 17.9 Å². The zero-order chi connectivity index (χ0) is 16.2. The van der Waals surface area contributed by atoms with Crippen LogP contribution in [0.5, 0.6) is 0 Å². The molecule has 2 aromatic rings. The molecule has 0 fully saturated rings. The summed E-state index contributed by atoms with van der Waals surface area (Å²) in [6.07, 6.45) is 0. The molecule has 0 aliphatic heterocycles. The largest absolute Gasteiger partial charge is 0.246 e. The lowest BCUT2D eigenvalue weighted by atomic mass is 10.2. The smallest absolute Gasteiger partial charge is 0.139 e. The third-order valence-corrected chi connectivity index (χ3v) is 6.88. The van der Waals surface area contributed by atoms with E-state index in [1.165, 1.54) is 6.07 Å². The Morgan fingerprint density at radius 2 is 1.52 bits per heavy atom. The molecular weight excluding hydrogens is 606 g/mol. The highest BCUT2D eigenvalue weighted by Crippen LogP contribution is 2.33. The second-order valence-corrected chi connectivity index (χ2v) is 8.17. The first-order valence-electron chi connectivity index (χ1n) is 5.57. The molecule has 2 rings (SSSR count). The van der Waals surface area contributed by atoms with Gasteiger partial charge in [0.2, 0.25) is 0 Å². The third kappa shape index (κ3) is 5.68. The van der Waals surface area contributed by atoms with Crippen molar-refractivity contribution in [3.8, 4) is 0 Å². The summed E-state index contributed by atoms with van der Waals surface area (Å²) in [6, 6.07) is 6.87. The quantitative estimate of drug-likeness (QED) is 0.225. The molecule has 0 atom stereocenters. The van der Waals surface area contributed by atoms with E-state index in [-0.39, 0.29) is 5.82 Å². The molecule has 0 N–H and O–H groups in total. The lowest BCUT2D eigenvalue weighted by molar-refractivity contribution is 0.484. The van der Waals surface area contributed by atoms with Gasteiger partial charge in [0.05, 0.1) is 4.47 Å². The van der Waals surface area contributed by atoms with Crippen molar-refractivity contribution < 1.29 is 8.78 Å². The van der Waals surface area contributed by atoms with Crippen LogP contribution >= 0.6 is 79.6 Å². The number of hydrogen-bond acceptors (Lipinski definition) is 0.